The lowest BCUT2D eigenvalue weighted by atomic mass is 10.2. The molecule has 3 aromatic heterocycles. The number of carbonyl (C=O) groups excluding carboxylic acids is 1. The molecule has 0 aliphatic rings. The summed E-state index contributed by atoms with van der Waals surface area (Å²) >= 11 is 1.25. The van der Waals surface area contributed by atoms with Crippen molar-refractivity contribution in [3.63, 3.8) is 0 Å². The molecule has 3 heterocycles. The number of rotatable bonds is 7. The molecule has 10 heteroatoms. The average Bonchev–Trinajstić information content (AvgIpc) is 3.50. The van der Waals surface area contributed by atoms with Crippen molar-refractivity contribution in [2.24, 2.45) is 0 Å². The molecule has 0 bridgehead atoms. The molecule has 0 aliphatic heterocycles. The van der Waals surface area contributed by atoms with E-state index in [0.29, 0.717) is 28.8 Å². The Hall–Kier alpha value is -3.53. The zero-order valence-corrected chi connectivity index (χ0v) is 17.1. The first kappa shape index (κ1) is 19.8. The number of benzene rings is 1. The molecule has 0 atom stereocenters. The summed E-state index contributed by atoms with van der Waals surface area (Å²) in [5, 5.41) is 19.7. The van der Waals surface area contributed by atoms with E-state index in [-0.39, 0.29) is 22.9 Å². The Morgan fingerprint density at radius 2 is 2.10 bits per heavy atom. The van der Waals surface area contributed by atoms with Crippen LogP contribution in [0.3, 0.4) is 0 Å². The number of nitrogens with one attached hydrogen (secondary N) is 1. The van der Waals surface area contributed by atoms with Gasteiger partial charge in [-0.3, -0.25) is 4.57 Å². The number of aliphatic hydroxyl groups is 1. The van der Waals surface area contributed by atoms with Gasteiger partial charge in [0.05, 0.1) is 30.2 Å². The fourth-order valence-corrected chi connectivity index (χ4v) is 3.88. The maximum absolute atomic E-state index is 12.4. The summed E-state index contributed by atoms with van der Waals surface area (Å²) in [6.45, 7) is 2.58. The maximum atomic E-state index is 12.4. The number of H-pyrrole nitrogens is 1. The molecular formula is C20H19N5O4S. The van der Waals surface area contributed by atoms with Gasteiger partial charge in [-0.05, 0) is 31.2 Å². The van der Waals surface area contributed by atoms with Crippen LogP contribution in [0.2, 0.25) is 0 Å². The first-order valence-corrected chi connectivity index (χ1v) is 10.2. The van der Waals surface area contributed by atoms with Gasteiger partial charge < -0.3 is 19.2 Å². The average molecular weight is 425 g/mol. The number of aromatic amines is 1. The lowest BCUT2D eigenvalue weighted by Crippen LogP contribution is -2.10. The van der Waals surface area contributed by atoms with Crippen LogP contribution < -0.4 is 0 Å². The van der Waals surface area contributed by atoms with Crippen LogP contribution in [0.15, 0.2) is 58.0 Å². The first-order chi connectivity index (χ1) is 14.6. The van der Waals surface area contributed by atoms with Crippen molar-refractivity contribution in [3.8, 4) is 11.6 Å². The topological polar surface area (TPSA) is 119 Å². The third-order valence-corrected chi connectivity index (χ3v) is 5.39. The summed E-state index contributed by atoms with van der Waals surface area (Å²) in [6, 6.07) is 10.9. The molecule has 30 heavy (non-hydrogen) atoms. The van der Waals surface area contributed by atoms with Crippen LogP contribution in [0.5, 0.6) is 0 Å². The minimum absolute atomic E-state index is 0.0185. The number of hydrogen-bond donors (Lipinski definition) is 2. The minimum Gasteiger partial charge on any atom is -0.510 e. The molecule has 4 aromatic rings. The van der Waals surface area contributed by atoms with E-state index in [9.17, 15) is 9.90 Å². The zero-order valence-electron chi connectivity index (χ0n) is 16.3. The van der Waals surface area contributed by atoms with Gasteiger partial charge in [-0.1, -0.05) is 23.9 Å². The summed E-state index contributed by atoms with van der Waals surface area (Å²) in [5.74, 6) is 0.677. The van der Waals surface area contributed by atoms with Crippen LogP contribution in [0.4, 0.5) is 0 Å². The van der Waals surface area contributed by atoms with Gasteiger partial charge in [0, 0.05) is 6.54 Å². The van der Waals surface area contributed by atoms with Gasteiger partial charge in [-0.2, -0.15) is 0 Å². The number of carbonyl (C=O) groups is 1. The minimum atomic E-state index is -0.680. The number of hydrogen-bond acceptors (Lipinski definition) is 8. The second-order valence-electron chi connectivity index (χ2n) is 6.23. The van der Waals surface area contributed by atoms with E-state index in [4.69, 9.17) is 9.15 Å². The molecule has 9 nitrogen and oxygen atoms in total. The Balaban J connectivity index is 1.64. The van der Waals surface area contributed by atoms with Crippen LogP contribution in [-0.4, -0.2) is 48.7 Å². The van der Waals surface area contributed by atoms with Gasteiger partial charge in [0.25, 0.3) is 0 Å². The van der Waals surface area contributed by atoms with Crippen LogP contribution in [0.1, 0.15) is 12.7 Å². The van der Waals surface area contributed by atoms with Crippen molar-refractivity contribution >= 4 is 34.3 Å². The van der Waals surface area contributed by atoms with E-state index in [1.54, 1.807) is 18.4 Å². The predicted octanol–water partition coefficient (Wildman–Crippen LogP) is 3.67. The van der Waals surface area contributed by atoms with E-state index in [0.717, 1.165) is 5.52 Å². The van der Waals surface area contributed by atoms with Gasteiger partial charge in [0.15, 0.2) is 16.7 Å². The highest BCUT2D eigenvalue weighted by Gasteiger charge is 2.23. The smallest absolute Gasteiger partial charge is 0.345 e. The Bertz CT molecular complexity index is 1180. The van der Waals surface area contributed by atoms with Gasteiger partial charge in [-0.25, -0.2) is 9.78 Å². The highest BCUT2D eigenvalue weighted by Crippen LogP contribution is 2.28. The number of esters is 1. The number of nitrogens with zero attached hydrogens (tertiary/aromatic N) is 4. The van der Waals surface area contributed by atoms with Gasteiger partial charge in [0.1, 0.15) is 17.2 Å². The first-order valence-electron chi connectivity index (χ1n) is 9.17. The number of thioether (sulfide) groups is 1. The molecule has 154 valence electrons. The molecule has 0 spiro atoms. The Kier molecular flexibility index (Phi) is 5.57. The number of imidazole rings is 1. The number of para-hydroxylation sites is 2. The monoisotopic (exact) mass is 425 g/mol. The number of furan rings is 1. The van der Waals surface area contributed by atoms with Crippen LogP contribution >= 0.6 is 11.8 Å². The van der Waals surface area contributed by atoms with E-state index in [2.05, 4.69) is 20.2 Å². The quantitative estimate of drug-likeness (QED) is 0.199. The largest absolute Gasteiger partial charge is 0.510 e. The molecule has 1 aromatic carbocycles. The number of aliphatic hydroxyl groups excluding tert-OH is 1. The summed E-state index contributed by atoms with van der Waals surface area (Å²) in [5.41, 5.74) is 1.42. The Morgan fingerprint density at radius 3 is 2.80 bits per heavy atom. The lowest BCUT2D eigenvalue weighted by molar-refractivity contribution is -0.133. The number of ether oxygens (including phenoxy) is 1. The summed E-state index contributed by atoms with van der Waals surface area (Å²) in [7, 11) is 1.26. The normalized spacial score (nSPS) is 12.2. The highest BCUT2D eigenvalue weighted by molar-refractivity contribution is 7.99. The van der Waals surface area contributed by atoms with Crippen molar-refractivity contribution in [1.82, 2.24) is 24.7 Å². The molecule has 0 amide bonds. The predicted molar refractivity (Wildman–Crippen MR) is 112 cm³/mol. The third-order valence-electron chi connectivity index (χ3n) is 4.42. The van der Waals surface area contributed by atoms with Crippen molar-refractivity contribution in [1.29, 1.82) is 0 Å². The fourth-order valence-electron chi connectivity index (χ4n) is 3.00. The van der Waals surface area contributed by atoms with Crippen molar-refractivity contribution in [2.75, 3.05) is 12.9 Å². The maximum Gasteiger partial charge on any atom is 0.345 e. The molecule has 0 saturated carbocycles. The molecule has 0 radical (unpaired) electrons. The molecule has 4 rings (SSSR count). The van der Waals surface area contributed by atoms with E-state index in [1.807, 2.05) is 35.8 Å². The van der Waals surface area contributed by atoms with Crippen LogP contribution in [-0.2, 0) is 16.1 Å². The standard InChI is InChI=1S/C20H19N5O4S/c1-3-25-18(15-9-6-10-29-15)23-24-20(25)30-11-14(26)16(19(27)28-2)17-21-12-7-4-5-8-13(12)22-17/h4-10,26H,3,11H2,1-2H3,(H,21,22)/b16-14+. The van der Waals surface area contributed by atoms with Crippen LogP contribution in [0, 0.1) is 0 Å². The third kappa shape index (κ3) is 3.69. The number of aromatic nitrogens is 5. The summed E-state index contributed by atoms with van der Waals surface area (Å²) in [4.78, 5) is 19.8. The molecule has 2 N–H and O–H groups in total. The van der Waals surface area contributed by atoms with Crippen LogP contribution in [0.25, 0.3) is 28.2 Å². The van der Waals surface area contributed by atoms with E-state index in [1.165, 1.54) is 18.9 Å². The van der Waals surface area contributed by atoms with Crippen molar-refractivity contribution < 1.29 is 19.1 Å². The van der Waals surface area contributed by atoms with Gasteiger partial charge >= 0.3 is 5.97 Å². The molecule has 0 saturated heterocycles. The zero-order chi connectivity index (χ0) is 21.1. The molecule has 0 unspecified atom stereocenters. The van der Waals surface area contributed by atoms with E-state index >= 15 is 0 Å². The SMILES string of the molecule is CCn1c(SC/C(O)=C(\C(=O)OC)c2nc3ccccc3[nH]2)nnc1-c1ccco1. The van der Waals surface area contributed by atoms with Crippen molar-refractivity contribution in [3.05, 3.63) is 54.2 Å². The van der Waals surface area contributed by atoms with Gasteiger partial charge in [-0.15, -0.1) is 10.2 Å². The number of fused-ring (bicyclic) bond motifs is 1. The van der Waals surface area contributed by atoms with E-state index < -0.39 is 5.97 Å². The van der Waals surface area contributed by atoms with Gasteiger partial charge in [0.2, 0.25) is 0 Å². The molecule has 0 fully saturated rings. The summed E-state index contributed by atoms with van der Waals surface area (Å²) < 4.78 is 12.1. The Morgan fingerprint density at radius 1 is 1.27 bits per heavy atom. The number of methoxy groups -OCH3 is 1. The summed E-state index contributed by atoms with van der Waals surface area (Å²) in [6.07, 6.45) is 1.57. The fraction of sp³-hybridized carbons (Fsp3) is 0.200. The lowest BCUT2D eigenvalue weighted by Gasteiger charge is -2.08. The van der Waals surface area contributed by atoms with Crippen molar-refractivity contribution in [2.45, 2.75) is 18.6 Å². The highest BCUT2D eigenvalue weighted by atomic mass is 32.2. The second kappa shape index (κ2) is 8.46. The Labute approximate surface area is 175 Å². The molecular weight excluding hydrogens is 406 g/mol. The molecule has 0 aliphatic carbocycles. The second-order valence-corrected chi connectivity index (χ2v) is 7.17.